The molecule has 0 saturated carbocycles. The fourth-order valence-electron chi connectivity index (χ4n) is 2.74. The van der Waals surface area contributed by atoms with Crippen molar-refractivity contribution in [2.45, 2.75) is 19.3 Å². The Morgan fingerprint density at radius 1 is 1.32 bits per heavy atom. The Balaban J connectivity index is 2.17. The van der Waals surface area contributed by atoms with Crippen LogP contribution >= 0.6 is 0 Å². The molecule has 98 valence electrons. The molecule has 1 heterocycles. The average Bonchev–Trinajstić information content (AvgIpc) is 2.89. The van der Waals surface area contributed by atoms with Gasteiger partial charge in [-0.2, -0.15) is 0 Å². The molecule has 1 aliphatic rings. The number of amides is 1. The van der Waals surface area contributed by atoms with Crippen molar-refractivity contribution in [1.82, 2.24) is 10.3 Å². The number of carbonyl (C=O) groups excluding carboxylic acids is 1. The van der Waals surface area contributed by atoms with E-state index >= 15 is 0 Å². The minimum absolute atomic E-state index is 0.0257. The summed E-state index contributed by atoms with van der Waals surface area (Å²) in [7, 11) is 0. The first-order chi connectivity index (χ1) is 9.31. The Bertz CT molecular complexity index is 637. The number of hydrogen-bond donors (Lipinski definition) is 2. The monoisotopic (exact) mass is 255 g/mol. The fourth-order valence-corrected chi connectivity index (χ4v) is 2.74. The van der Waals surface area contributed by atoms with Crippen molar-refractivity contribution in [3.63, 3.8) is 0 Å². The quantitative estimate of drug-likeness (QED) is 0.871. The maximum atomic E-state index is 12.4. The number of nitrogens with one attached hydrogen (secondary N) is 1. The van der Waals surface area contributed by atoms with Crippen LogP contribution in [0.1, 0.15) is 28.0 Å². The molecular formula is C15H17N3O. The third-order valence-electron chi connectivity index (χ3n) is 3.58. The minimum atomic E-state index is -0.0257. The number of nitrogens with zero attached hydrogens (tertiary/aromatic N) is 1. The Morgan fingerprint density at radius 2 is 2.16 bits per heavy atom. The zero-order valence-electron chi connectivity index (χ0n) is 10.8. The number of pyridine rings is 1. The number of nitrogens with two attached hydrogens (primary N) is 1. The van der Waals surface area contributed by atoms with Gasteiger partial charge in [0.1, 0.15) is 0 Å². The summed E-state index contributed by atoms with van der Waals surface area (Å²) in [5, 5.41) is 3.82. The molecule has 0 spiro atoms. The van der Waals surface area contributed by atoms with Gasteiger partial charge in [0.05, 0.1) is 11.1 Å². The lowest BCUT2D eigenvalue weighted by Crippen LogP contribution is -2.30. The van der Waals surface area contributed by atoms with E-state index in [0.29, 0.717) is 13.1 Å². The van der Waals surface area contributed by atoms with Crippen LogP contribution in [0, 0.1) is 0 Å². The summed E-state index contributed by atoms with van der Waals surface area (Å²) in [6.07, 6.45) is 2.99. The van der Waals surface area contributed by atoms with Gasteiger partial charge in [0.2, 0.25) is 0 Å². The van der Waals surface area contributed by atoms with Crippen LogP contribution in [0.3, 0.4) is 0 Å². The number of fused-ring (bicyclic) bond motifs is 2. The average molecular weight is 255 g/mol. The van der Waals surface area contributed by atoms with Crippen molar-refractivity contribution < 1.29 is 4.79 Å². The first-order valence-corrected chi connectivity index (χ1v) is 6.70. The summed E-state index contributed by atoms with van der Waals surface area (Å²) >= 11 is 0. The highest BCUT2D eigenvalue weighted by atomic mass is 16.1. The van der Waals surface area contributed by atoms with Crippen LogP contribution in [0.15, 0.2) is 24.3 Å². The van der Waals surface area contributed by atoms with E-state index in [1.807, 2.05) is 24.3 Å². The molecule has 0 aliphatic heterocycles. The topological polar surface area (TPSA) is 68.0 Å². The zero-order valence-corrected chi connectivity index (χ0v) is 10.8. The maximum absolute atomic E-state index is 12.4. The smallest absolute Gasteiger partial charge is 0.252 e. The van der Waals surface area contributed by atoms with Crippen molar-refractivity contribution in [2.24, 2.45) is 5.73 Å². The molecule has 19 heavy (non-hydrogen) atoms. The normalized spacial score (nSPS) is 13.5. The second-order valence-electron chi connectivity index (χ2n) is 4.83. The molecule has 2 aromatic rings. The molecule has 0 atom stereocenters. The summed E-state index contributed by atoms with van der Waals surface area (Å²) in [5.74, 6) is -0.0257. The van der Waals surface area contributed by atoms with Gasteiger partial charge in [0, 0.05) is 24.2 Å². The van der Waals surface area contributed by atoms with Crippen LogP contribution in [-0.2, 0) is 12.8 Å². The number of aromatic nitrogens is 1. The number of hydrogen-bond acceptors (Lipinski definition) is 3. The van der Waals surface area contributed by atoms with Crippen molar-refractivity contribution in [3.8, 4) is 0 Å². The highest BCUT2D eigenvalue weighted by Crippen LogP contribution is 2.29. The third-order valence-corrected chi connectivity index (χ3v) is 3.58. The number of aryl methyl sites for hydroxylation is 1. The molecular weight excluding hydrogens is 238 g/mol. The van der Waals surface area contributed by atoms with Gasteiger partial charge in [-0.15, -0.1) is 0 Å². The van der Waals surface area contributed by atoms with Crippen LogP contribution in [-0.4, -0.2) is 24.0 Å². The van der Waals surface area contributed by atoms with E-state index in [4.69, 9.17) is 5.73 Å². The van der Waals surface area contributed by atoms with E-state index in [1.54, 1.807) is 0 Å². The van der Waals surface area contributed by atoms with Gasteiger partial charge >= 0.3 is 0 Å². The molecule has 0 saturated heterocycles. The molecule has 1 aromatic heterocycles. The number of rotatable bonds is 3. The lowest BCUT2D eigenvalue weighted by Gasteiger charge is -2.12. The van der Waals surface area contributed by atoms with Crippen LogP contribution in [0.25, 0.3) is 10.9 Å². The van der Waals surface area contributed by atoms with Gasteiger partial charge < -0.3 is 11.1 Å². The summed E-state index contributed by atoms with van der Waals surface area (Å²) in [6, 6.07) is 7.84. The van der Waals surface area contributed by atoms with Gasteiger partial charge in [-0.1, -0.05) is 18.2 Å². The molecule has 0 fully saturated rings. The third kappa shape index (κ3) is 2.08. The standard InChI is InChI=1S/C15H17N3O/c16-8-9-17-15(19)14-10-4-1-2-6-12(10)18-13-7-3-5-11(13)14/h1-2,4,6H,3,5,7-9,16H2,(H,17,19). The molecule has 0 unspecified atom stereocenters. The maximum Gasteiger partial charge on any atom is 0.252 e. The number of benzene rings is 1. The Morgan fingerprint density at radius 3 is 3.00 bits per heavy atom. The molecule has 1 amide bonds. The molecule has 0 bridgehead atoms. The van der Waals surface area contributed by atoms with E-state index in [2.05, 4.69) is 10.3 Å². The lowest BCUT2D eigenvalue weighted by molar-refractivity contribution is 0.0955. The van der Waals surface area contributed by atoms with Gasteiger partial charge in [-0.25, -0.2) is 0 Å². The molecule has 3 N–H and O–H groups in total. The predicted octanol–water partition coefficient (Wildman–Crippen LogP) is 1.41. The first kappa shape index (κ1) is 12.1. The zero-order chi connectivity index (χ0) is 13.2. The molecule has 4 heteroatoms. The summed E-state index contributed by atoms with van der Waals surface area (Å²) in [4.78, 5) is 17.1. The van der Waals surface area contributed by atoms with Gasteiger partial charge in [-0.05, 0) is 30.9 Å². The SMILES string of the molecule is NCCNC(=O)c1c2c(nc3ccccc13)CCC2. The van der Waals surface area contributed by atoms with Crippen molar-refractivity contribution >= 4 is 16.8 Å². The van der Waals surface area contributed by atoms with Gasteiger partial charge in [0.25, 0.3) is 5.91 Å². The molecule has 4 nitrogen and oxygen atoms in total. The fraction of sp³-hybridized carbons (Fsp3) is 0.333. The highest BCUT2D eigenvalue weighted by Gasteiger charge is 2.23. The van der Waals surface area contributed by atoms with Crippen LogP contribution in [0.2, 0.25) is 0 Å². The Kier molecular flexibility index (Phi) is 3.17. The lowest BCUT2D eigenvalue weighted by atomic mass is 10.0. The summed E-state index contributed by atoms with van der Waals surface area (Å²) in [6.45, 7) is 0.960. The van der Waals surface area contributed by atoms with E-state index in [9.17, 15) is 4.79 Å². The van der Waals surface area contributed by atoms with Crippen molar-refractivity contribution in [1.29, 1.82) is 0 Å². The van der Waals surface area contributed by atoms with Crippen molar-refractivity contribution in [3.05, 3.63) is 41.1 Å². The van der Waals surface area contributed by atoms with Gasteiger partial charge in [0.15, 0.2) is 0 Å². The molecule has 0 radical (unpaired) electrons. The van der Waals surface area contributed by atoms with Crippen LogP contribution in [0.4, 0.5) is 0 Å². The van der Waals surface area contributed by atoms with E-state index < -0.39 is 0 Å². The second kappa shape index (κ2) is 4.97. The van der Waals surface area contributed by atoms with Crippen LogP contribution < -0.4 is 11.1 Å². The Hall–Kier alpha value is -1.94. The number of carbonyl (C=O) groups is 1. The number of para-hydroxylation sites is 1. The Labute approximate surface area is 112 Å². The largest absolute Gasteiger partial charge is 0.351 e. The van der Waals surface area contributed by atoms with E-state index in [1.165, 1.54) is 0 Å². The van der Waals surface area contributed by atoms with Crippen LogP contribution in [0.5, 0.6) is 0 Å². The molecule has 1 aliphatic carbocycles. The summed E-state index contributed by atoms with van der Waals surface area (Å²) in [5.41, 5.74) is 9.35. The van der Waals surface area contributed by atoms with E-state index in [0.717, 1.165) is 47.0 Å². The minimum Gasteiger partial charge on any atom is -0.351 e. The predicted molar refractivity (Wildman–Crippen MR) is 75.2 cm³/mol. The molecule has 3 rings (SSSR count). The van der Waals surface area contributed by atoms with Gasteiger partial charge in [-0.3, -0.25) is 9.78 Å². The molecule has 1 aromatic carbocycles. The second-order valence-corrected chi connectivity index (χ2v) is 4.83. The highest BCUT2D eigenvalue weighted by molar-refractivity contribution is 6.07. The summed E-state index contributed by atoms with van der Waals surface area (Å²) < 4.78 is 0. The van der Waals surface area contributed by atoms with E-state index in [-0.39, 0.29) is 5.91 Å². The first-order valence-electron chi connectivity index (χ1n) is 6.70. The van der Waals surface area contributed by atoms with Crippen molar-refractivity contribution in [2.75, 3.05) is 13.1 Å².